The molecule has 0 amide bonds. The maximum absolute atomic E-state index is 5.62. The van der Waals surface area contributed by atoms with E-state index in [-0.39, 0.29) is 5.41 Å². The van der Waals surface area contributed by atoms with E-state index < -0.39 is 0 Å². The first-order chi connectivity index (χ1) is 9.31. The minimum absolute atomic E-state index is 0.0527. The van der Waals surface area contributed by atoms with Crippen molar-refractivity contribution >= 4 is 37.7 Å². The van der Waals surface area contributed by atoms with Crippen molar-refractivity contribution in [3.05, 3.63) is 27.0 Å². The standard InChI is InChI=1S/C14H17Br2N3O/c1-5-17-11-7-10(14(2,3)4)18-13(19-11)9-6-8(15)12(16)20-9/h6-7H,5H2,1-4H3,(H,17,18,19). The summed E-state index contributed by atoms with van der Waals surface area (Å²) in [7, 11) is 0. The molecule has 4 nitrogen and oxygen atoms in total. The molecule has 20 heavy (non-hydrogen) atoms. The van der Waals surface area contributed by atoms with Gasteiger partial charge in [0, 0.05) is 24.1 Å². The van der Waals surface area contributed by atoms with Crippen LogP contribution in [0.1, 0.15) is 33.4 Å². The lowest BCUT2D eigenvalue weighted by molar-refractivity contribution is 0.542. The van der Waals surface area contributed by atoms with Crippen molar-refractivity contribution in [2.75, 3.05) is 11.9 Å². The second kappa shape index (κ2) is 5.85. The van der Waals surface area contributed by atoms with E-state index in [1.807, 2.05) is 19.1 Å². The van der Waals surface area contributed by atoms with Gasteiger partial charge in [0.2, 0.25) is 0 Å². The van der Waals surface area contributed by atoms with E-state index in [0.717, 1.165) is 22.5 Å². The van der Waals surface area contributed by atoms with E-state index in [0.29, 0.717) is 16.3 Å². The Morgan fingerprint density at radius 3 is 2.40 bits per heavy atom. The van der Waals surface area contributed by atoms with Gasteiger partial charge < -0.3 is 9.73 Å². The van der Waals surface area contributed by atoms with Gasteiger partial charge in [-0.1, -0.05) is 20.8 Å². The lowest BCUT2D eigenvalue weighted by atomic mass is 9.92. The largest absolute Gasteiger partial charge is 0.445 e. The zero-order valence-electron chi connectivity index (χ0n) is 11.9. The summed E-state index contributed by atoms with van der Waals surface area (Å²) in [5.41, 5.74) is 0.922. The SMILES string of the molecule is CCNc1cc(C(C)(C)C)nc(-c2cc(Br)c(Br)o2)n1. The average Bonchev–Trinajstić information content (AvgIpc) is 2.69. The predicted molar refractivity (Wildman–Crippen MR) is 88.0 cm³/mol. The third kappa shape index (κ3) is 3.41. The minimum Gasteiger partial charge on any atom is -0.445 e. The highest BCUT2D eigenvalue weighted by atomic mass is 79.9. The molecule has 0 aliphatic carbocycles. The third-order valence-corrected chi connectivity index (χ3v) is 4.43. The molecular weight excluding hydrogens is 386 g/mol. The highest BCUT2D eigenvalue weighted by Crippen LogP contribution is 2.33. The molecule has 2 aromatic rings. The van der Waals surface area contributed by atoms with Crippen molar-refractivity contribution in [1.29, 1.82) is 0 Å². The molecular formula is C14H17Br2N3O. The molecule has 0 spiro atoms. The Balaban J connectivity index is 2.54. The van der Waals surface area contributed by atoms with Gasteiger partial charge in [0.25, 0.3) is 0 Å². The van der Waals surface area contributed by atoms with E-state index in [2.05, 4.69) is 67.9 Å². The van der Waals surface area contributed by atoms with Gasteiger partial charge >= 0.3 is 0 Å². The Kier molecular flexibility index (Phi) is 4.54. The molecule has 0 aromatic carbocycles. The van der Waals surface area contributed by atoms with Crippen LogP contribution in [-0.4, -0.2) is 16.5 Å². The number of nitrogens with one attached hydrogen (secondary N) is 1. The fourth-order valence-electron chi connectivity index (χ4n) is 1.67. The highest BCUT2D eigenvalue weighted by Gasteiger charge is 2.20. The Bertz CT molecular complexity index is 598. The summed E-state index contributed by atoms with van der Waals surface area (Å²) >= 11 is 6.74. The number of hydrogen-bond acceptors (Lipinski definition) is 4. The molecule has 1 N–H and O–H groups in total. The summed E-state index contributed by atoms with van der Waals surface area (Å²) in [4.78, 5) is 9.13. The van der Waals surface area contributed by atoms with Gasteiger partial charge in [0.15, 0.2) is 16.3 Å². The first-order valence-electron chi connectivity index (χ1n) is 6.40. The van der Waals surface area contributed by atoms with Crippen molar-refractivity contribution in [1.82, 2.24) is 9.97 Å². The smallest absolute Gasteiger partial charge is 0.197 e. The van der Waals surface area contributed by atoms with E-state index in [4.69, 9.17) is 4.42 Å². The van der Waals surface area contributed by atoms with Crippen molar-refractivity contribution < 1.29 is 4.42 Å². The van der Waals surface area contributed by atoms with E-state index in [1.165, 1.54) is 0 Å². The van der Waals surface area contributed by atoms with Crippen molar-refractivity contribution in [3.8, 4) is 11.6 Å². The van der Waals surface area contributed by atoms with Crippen LogP contribution in [0.3, 0.4) is 0 Å². The van der Waals surface area contributed by atoms with Gasteiger partial charge in [-0.15, -0.1) is 0 Å². The fourth-order valence-corrected chi connectivity index (χ4v) is 2.25. The molecule has 0 aliphatic rings. The van der Waals surface area contributed by atoms with Gasteiger partial charge in [-0.3, -0.25) is 0 Å². The first kappa shape index (κ1) is 15.5. The van der Waals surface area contributed by atoms with Crippen LogP contribution in [0.5, 0.6) is 0 Å². The maximum Gasteiger partial charge on any atom is 0.197 e. The molecule has 2 aromatic heterocycles. The van der Waals surface area contributed by atoms with Crippen molar-refractivity contribution in [3.63, 3.8) is 0 Å². The molecule has 0 saturated carbocycles. The second-order valence-corrected chi connectivity index (χ2v) is 7.05. The quantitative estimate of drug-likeness (QED) is 0.785. The summed E-state index contributed by atoms with van der Waals surface area (Å²) in [6, 6.07) is 3.85. The summed E-state index contributed by atoms with van der Waals surface area (Å²) in [5, 5.41) is 3.24. The van der Waals surface area contributed by atoms with Gasteiger partial charge in [0.1, 0.15) is 5.82 Å². The number of hydrogen-bond donors (Lipinski definition) is 1. The molecule has 0 aliphatic heterocycles. The fraction of sp³-hybridized carbons (Fsp3) is 0.429. The summed E-state index contributed by atoms with van der Waals surface area (Å²) < 4.78 is 7.11. The normalized spacial score (nSPS) is 11.7. The molecule has 108 valence electrons. The maximum atomic E-state index is 5.62. The van der Waals surface area contributed by atoms with Crippen molar-refractivity contribution in [2.45, 2.75) is 33.1 Å². The first-order valence-corrected chi connectivity index (χ1v) is 7.98. The molecule has 6 heteroatoms. The summed E-state index contributed by atoms with van der Waals surface area (Å²) in [5.74, 6) is 2.03. The van der Waals surface area contributed by atoms with Gasteiger partial charge in [-0.2, -0.15) is 0 Å². The molecule has 0 atom stereocenters. The Hall–Kier alpha value is -0.880. The number of nitrogens with zero attached hydrogens (tertiary/aromatic N) is 2. The second-order valence-electron chi connectivity index (χ2n) is 5.47. The van der Waals surface area contributed by atoms with Crippen LogP contribution < -0.4 is 5.32 Å². The lowest BCUT2D eigenvalue weighted by Gasteiger charge is -2.19. The minimum atomic E-state index is -0.0527. The van der Waals surface area contributed by atoms with E-state index >= 15 is 0 Å². The number of rotatable bonds is 3. The van der Waals surface area contributed by atoms with E-state index in [1.54, 1.807) is 0 Å². The molecule has 0 saturated heterocycles. The Morgan fingerprint density at radius 2 is 1.90 bits per heavy atom. The molecule has 0 unspecified atom stereocenters. The van der Waals surface area contributed by atoms with Crippen LogP contribution in [-0.2, 0) is 5.41 Å². The van der Waals surface area contributed by atoms with Crippen LogP contribution in [0.25, 0.3) is 11.6 Å². The zero-order valence-corrected chi connectivity index (χ0v) is 15.1. The Labute approximate surface area is 135 Å². The molecule has 0 radical (unpaired) electrons. The van der Waals surface area contributed by atoms with Crippen LogP contribution >= 0.6 is 31.9 Å². The number of halogens is 2. The van der Waals surface area contributed by atoms with Crippen LogP contribution in [0.15, 0.2) is 25.7 Å². The Morgan fingerprint density at radius 1 is 1.20 bits per heavy atom. The van der Waals surface area contributed by atoms with Gasteiger partial charge in [-0.25, -0.2) is 9.97 Å². The van der Waals surface area contributed by atoms with Crippen LogP contribution in [0, 0.1) is 0 Å². The van der Waals surface area contributed by atoms with Gasteiger partial charge in [-0.05, 0) is 38.8 Å². The summed E-state index contributed by atoms with van der Waals surface area (Å²) in [6.07, 6.45) is 0. The third-order valence-electron chi connectivity index (χ3n) is 2.72. The topological polar surface area (TPSA) is 51.0 Å². The van der Waals surface area contributed by atoms with Crippen molar-refractivity contribution in [2.24, 2.45) is 0 Å². The molecule has 0 bridgehead atoms. The predicted octanol–water partition coefficient (Wildman–Crippen LogP) is 4.99. The number of aromatic nitrogens is 2. The number of anilines is 1. The summed E-state index contributed by atoms with van der Waals surface area (Å²) in [6.45, 7) is 9.23. The molecule has 2 rings (SSSR count). The van der Waals surface area contributed by atoms with Crippen LogP contribution in [0.4, 0.5) is 5.82 Å². The highest BCUT2D eigenvalue weighted by molar-refractivity contribution is 9.13. The lowest BCUT2D eigenvalue weighted by Crippen LogP contribution is -2.15. The monoisotopic (exact) mass is 401 g/mol. The zero-order chi connectivity index (χ0) is 14.9. The van der Waals surface area contributed by atoms with Crippen LogP contribution in [0.2, 0.25) is 0 Å². The number of furan rings is 1. The molecule has 2 heterocycles. The van der Waals surface area contributed by atoms with Gasteiger partial charge in [0.05, 0.1) is 10.2 Å². The average molecular weight is 403 g/mol. The van der Waals surface area contributed by atoms with E-state index in [9.17, 15) is 0 Å². The molecule has 0 fully saturated rings.